The van der Waals surface area contributed by atoms with Gasteiger partial charge in [-0.05, 0) is 43.9 Å². The van der Waals surface area contributed by atoms with Crippen LogP contribution in [0.5, 0.6) is 0 Å². The Balaban J connectivity index is 2.00. The Hall–Kier alpha value is -0.780. The summed E-state index contributed by atoms with van der Waals surface area (Å²) in [6.45, 7) is -1.15. The number of rotatable bonds is 3. The molecule has 0 saturated heterocycles. The van der Waals surface area contributed by atoms with Crippen LogP contribution >= 0.6 is 0 Å². The van der Waals surface area contributed by atoms with Gasteiger partial charge in [0.05, 0.1) is 12.1 Å². The average Bonchev–Trinajstić information content (AvgIpc) is 2.76. The van der Waals surface area contributed by atoms with E-state index >= 15 is 0 Å². The Kier molecular flexibility index (Phi) is 3.82. The first-order valence-corrected chi connectivity index (χ1v) is 6.89. The lowest BCUT2D eigenvalue weighted by Crippen LogP contribution is -2.60. The van der Waals surface area contributed by atoms with Gasteiger partial charge in [-0.15, -0.1) is 0 Å². The van der Waals surface area contributed by atoms with Crippen LogP contribution in [-0.2, 0) is 4.79 Å². The summed E-state index contributed by atoms with van der Waals surface area (Å²) in [5.41, 5.74) is 4.45. The summed E-state index contributed by atoms with van der Waals surface area (Å²) in [6, 6.07) is 0. The fourth-order valence-corrected chi connectivity index (χ4v) is 3.61. The maximum Gasteiger partial charge on any atom is 0.401 e. The molecule has 0 radical (unpaired) electrons. The van der Waals surface area contributed by atoms with Gasteiger partial charge in [0.1, 0.15) is 0 Å². The van der Waals surface area contributed by atoms with E-state index < -0.39 is 24.2 Å². The molecule has 2 rings (SSSR count). The van der Waals surface area contributed by atoms with Gasteiger partial charge in [-0.25, -0.2) is 0 Å². The highest BCUT2D eigenvalue weighted by Crippen LogP contribution is 2.51. The van der Waals surface area contributed by atoms with Crippen LogP contribution in [-0.4, -0.2) is 24.2 Å². The van der Waals surface area contributed by atoms with E-state index in [0.29, 0.717) is 12.8 Å². The van der Waals surface area contributed by atoms with Crippen LogP contribution in [0.3, 0.4) is 0 Å². The number of alkyl halides is 3. The van der Waals surface area contributed by atoms with E-state index in [0.717, 1.165) is 25.7 Å². The minimum atomic E-state index is -4.31. The molecule has 3 N–H and O–H groups in total. The number of nitrogens with two attached hydrogens (primary N) is 1. The molecule has 0 aromatic heterocycles. The summed E-state index contributed by atoms with van der Waals surface area (Å²) < 4.78 is 37.0. The molecule has 0 aromatic rings. The van der Waals surface area contributed by atoms with Gasteiger partial charge >= 0.3 is 6.18 Å². The molecule has 3 nitrogen and oxygen atoms in total. The third-order valence-corrected chi connectivity index (χ3v) is 4.93. The van der Waals surface area contributed by atoms with Crippen LogP contribution in [0.4, 0.5) is 13.2 Å². The van der Waals surface area contributed by atoms with E-state index in [4.69, 9.17) is 5.73 Å². The van der Waals surface area contributed by atoms with Crippen molar-refractivity contribution in [1.82, 2.24) is 5.32 Å². The molecule has 0 heterocycles. The first-order valence-electron chi connectivity index (χ1n) is 6.89. The zero-order valence-corrected chi connectivity index (χ0v) is 11.0. The summed E-state index contributed by atoms with van der Waals surface area (Å²) in [4.78, 5) is 11.6. The van der Waals surface area contributed by atoms with Gasteiger partial charge < -0.3 is 5.73 Å². The quantitative estimate of drug-likeness (QED) is 0.833. The highest BCUT2D eigenvalue weighted by molar-refractivity contribution is 5.84. The Labute approximate surface area is 111 Å². The van der Waals surface area contributed by atoms with E-state index in [-0.39, 0.29) is 5.41 Å². The number of carbonyl (C=O) groups is 1. The Morgan fingerprint density at radius 1 is 1.05 bits per heavy atom. The number of amides is 1. The Bertz CT molecular complexity index is 338. The van der Waals surface area contributed by atoms with Gasteiger partial charge in [0.25, 0.3) is 0 Å². The molecule has 2 saturated carbocycles. The monoisotopic (exact) mass is 278 g/mol. The molecule has 0 aliphatic heterocycles. The molecular weight excluding hydrogens is 257 g/mol. The second-order valence-electron chi connectivity index (χ2n) is 6.12. The molecule has 2 aliphatic carbocycles. The summed E-state index contributed by atoms with van der Waals surface area (Å²) in [6.07, 6.45) is 2.82. The summed E-state index contributed by atoms with van der Waals surface area (Å²) in [5, 5.41) is 2.38. The molecule has 0 atom stereocenters. The van der Waals surface area contributed by atoms with Crippen LogP contribution in [0, 0.1) is 5.41 Å². The smallest absolute Gasteiger partial charge is 0.368 e. The minimum Gasteiger partial charge on any atom is -0.368 e. The SMILES string of the molecule is NC(=O)C1(NCC(F)(F)F)CCC2(CCCC2)CC1. The van der Waals surface area contributed by atoms with Gasteiger partial charge in [-0.1, -0.05) is 12.8 Å². The molecule has 110 valence electrons. The zero-order valence-electron chi connectivity index (χ0n) is 11.0. The van der Waals surface area contributed by atoms with Crippen LogP contribution in [0.2, 0.25) is 0 Å². The van der Waals surface area contributed by atoms with E-state index in [2.05, 4.69) is 5.32 Å². The number of nitrogens with one attached hydrogen (secondary N) is 1. The molecular formula is C13H21F3N2O. The van der Waals surface area contributed by atoms with Crippen molar-refractivity contribution in [2.24, 2.45) is 11.1 Å². The average molecular weight is 278 g/mol. The van der Waals surface area contributed by atoms with E-state index in [1.54, 1.807) is 0 Å². The molecule has 0 aromatic carbocycles. The molecule has 2 aliphatic rings. The number of hydrogen-bond donors (Lipinski definition) is 2. The first-order chi connectivity index (χ1) is 8.77. The minimum absolute atomic E-state index is 0.263. The van der Waals surface area contributed by atoms with Gasteiger partial charge in [0, 0.05) is 0 Å². The van der Waals surface area contributed by atoms with E-state index in [9.17, 15) is 18.0 Å². The van der Waals surface area contributed by atoms with Gasteiger partial charge in [-0.2, -0.15) is 13.2 Å². The summed E-state index contributed by atoms with van der Waals surface area (Å²) in [7, 11) is 0. The maximum absolute atomic E-state index is 12.3. The lowest BCUT2D eigenvalue weighted by Gasteiger charge is -2.44. The predicted molar refractivity (Wildman–Crippen MR) is 65.4 cm³/mol. The number of primary amides is 1. The van der Waals surface area contributed by atoms with E-state index in [1.165, 1.54) is 12.8 Å². The highest BCUT2D eigenvalue weighted by atomic mass is 19.4. The molecule has 1 amide bonds. The van der Waals surface area contributed by atoms with Crippen molar-refractivity contribution in [3.63, 3.8) is 0 Å². The molecule has 0 bridgehead atoms. The Morgan fingerprint density at radius 3 is 2.00 bits per heavy atom. The maximum atomic E-state index is 12.3. The van der Waals surface area contributed by atoms with Crippen molar-refractivity contribution in [3.05, 3.63) is 0 Å². The normalized spacial score (nSPS) is 25.6. The molecule has 6 heteroatoms. The van der Waals surface area contributed by atoms with Crippen LogP contribution < -0.4 is 11.1 Å². The van der Waals surface area contributed by atoms with Gasteiger partial charge in [0.15, 0.2) is 0 Å². The van der Waals surface area contributed by atoms with Gasteiger partial charge in [0.2, 0.25) is 5.91 Å². The summed E-state index contributed by atoms with van der Waals surface area (Å²) >= 11 is 0. The number of carbonyl (C=O) groups excluding carboxylic acids is 1. The second kappa shape index (κ2) is 4.96. The highest BCUT2D eigenvalue weighted by Gasteiger charge is 2.48. The predicted octanol–water partition coefficient (Wildman–Crippen LogP) is 2.50. The fourth-order valence-electron chi connectivity index (χ4n) is 3.61. The second-order valence-corrected chi connectivity index (χ2v) is 6.12. The van der Waals surface area contributed by atoms with Crippen LogP contribution in [0.25, 0.3) is 0 Å². The van der Waals surface area contributed by atoms with Crippen LogP contribution in [0.15, 0.2) is 0 Å². The largest absolute Gasteiger partial charge is 0.401 e. The van der Waals surface area contributed by atoms with Crippen molar-refractivity contribution < 1.29 is 18.0 Å². The van der Waals surface area contributed by atoms with Crippen molar-refractivity contribution in [2.45, 2.75) is 63.1 Å². The molecule has 0 unspecified atom stereocenters. The third kappa shape index (κ3) is 3.22. The topological polar surface area (TPSA) is 55.1 Å². The van der Waals surface area contributed by atoms with Crippen molar-refractivity contribution in [1.29, 1.82) is 0 Å². The van der Waals surface area contributed by atoms with Crippen molar-refractivity contribution in [3.8, 4) is 0 Å². The van der Waals surface area contributed by atoms with Crippen LogP contribution in [0.1, 0.15) is 51.4 Å². The molecule has 19 heavy (non-hydrogen) atoms. The fraction of sp³-hybridized carbons (Fsp3) is 0.923. The lowest BCUT2D eigenvalue weighted by molar-refractivity contribution is -0.139. The lowest BCUT2D eigenvalue weighted by atomic mass is 9.66. The van der Waals surface area contributed by atoms with Gasteiger partial charge in [-0.3, -0.25) is 10.1 Å². The summed E-state index contributed by atoms with van der Waals surface area (Å²) in [5.74, 6) is -0.649. The standard InChI is InChI=1S/C13H21F3N2O/c14-13(15,16)9-18-12(10(17)19)7-5-11(6-8-12)3-1-2-4-11/h18H,1-9H2,(H2,17,19). The first kappa shape index (κ1) is 14.6. The number of hydrogen-bond acceptors (Lipinski definition) is 2. The number of halogens is 3. The zero-order chi connectivity index (χ0) is 14.1. The van der Waals surface area contributed by atoms with Crippen molar-refractivity contribution in [2.75, 3.05) is 6.54 Å². The molecule has 2 fully saturated rings. The Morgan fingerprint density at radius 2 is 1.58 bits per heavy atom. The third-order valence-electron chi connectivity index (χ3n) is 4.93. The van der Waals surface area contributed by atoms with Crippen molar-refractivity contribution >= 4 is 5.91 Å². The van der Waals surface area contributed by atoms with E-state index in [1.807, 2.05) is 0 Å². The molecule has 1 spiro atoms.